The van der Waals surface area contributed by atoms with Crippen molar-refractivity contribution >= 4 is 17.5 Å². The summed E-state index contributed by atoms with van der Waals surface area (Å²) in [6, 6.07) is 6.92. The zero-order chi connectivity index (χ0) is 20.6. The molecular formula is C21H29NO5. The summed E-state index contributed by atoms with van der Waals surface area (Å²) in [6.07, 6.45) is 1.33. The van der Waals surface area contributed by atoms with Crippen molar-refractivity contribution in [2.24, 2.45) is 5.92 Å². The number of allylic oxidation sites excluding steroid dienone is 1. The number of carbonyl (C=O) groups is 2. The Morgan fingerprint density at radius 2 is 1.44 bits per heavy atom. The van der Waals surface area contributed by atoms with Crippen molar-refractivity contribution in [3.63, 3.8) is 0 Å². The lowest BCUT2D eigenvalue weighted by Crippen LogP contribution is -2.58. The second-order valence-electron chi connectivity index (χ2n) is 8.42. The average Bonchev–Trinajstić information content (AvgIpc) is 2.56. The van der Waals surface area contributed by atoms with Crippen LogP contribution in [-0.2, 0) is 9.59 Å². The molecular weight excluding hydrogens is 346 g/mol. The minimum Gasteiger partial charge on any atom is -0.497 e. The largest absolute Gasteiger partial charge is 0.497 e. The highest BCUT2D eigenvalue weighted by molar-refractivity contribution is 6.18. The lowest BCUT2D eigenvalue weighted by atomic mass is 9.69. The second-order valence-corrected chi connectivity index (χ2v) is 8.42. The molecule has 0 atom stereocenters. The van der Waals surface area contributed by atoms with E-state index in [1.807, 2.05) is 0 Å². The van der Waals surface area contributed by atoms with Crippen molar-refractivity contribution in [2.75, 3.05) is 14.2 Å². The van der Waals surface area contributed by atoms with E-state index in [-0.39, 0.29) is 17.0 Å². The van der Waals surface area contributed by atoms with Gasteiger partial charge in [-0.1, -0.05) is 12.1 Å². The Labute approximate surface area is 160 Å². The van der Waals surface area contributed by atoms with Gasteiger partial charge in [-0.3, -0.25) is 4.90 Å². The zero-order valence-corrected chi connectivity index (χ0v) is 16.9. The summed E-state index contributed by atoms with van der Waals surface area (Å²) in [4.78, 5) is 26.0. The summed E-state index contributed by atoms with van der Waals surface area (Å²) in [5.41, 5.74) is 0.0309. The summed E-state index contributed by atoms with van der Waals surface area (Å²) >= 11 is 0. The highest BCUT2D eigenvalue weighted by Gasteiger charge is 2.45. The van der Waals surface area contributed by atoms with Gasteiger partial charge in [0.15, 0.2) is 0 Å². The Hall–Kier alpha value is -2.34. The molecule has 148 valence electrons. The quantitative estimate of drug-likeness (QED) is 0.465. The number of likely N-dealkylation sites (tertiary alicyclic amines) is 1. The first-order valence-electron chi connectivity index (χ1n) is 9.00. The van der Waals surface area contributed by atoms with E-state index in [0.29, 0.717) is 29.7 Å². The van der Waals surface area contributed by atoms with Crippen LogP contribution >= 0.6 is 0 Å². The maximum Gasteiger partial charge on any atom is 0.343 e. The van der Waals surface area contributed by atoms with Crippen LogP contribution in [0.15, 0.2) is 29.8 Å². The van der Waals surface area contributed by atoms with Crippen molar-refractivity contribution in [1.29, 1.82) is 0 Å². The smallest absolute Gasteiger partial charge is 0.343 e. The van der Waals surface area contributed by atoms with Gasteiger partial charge >= 0.3 is 11.9 Å². The molecule has 0 aromatic heterocycles. The first-order valence-corrected chi connectivity index (χ1v) is 9.00. The number of carboxylic acid groups (broad SMARTS) is 2. The number of nitrogens with zero attached hydrogens (tertiary/aromatic N) is 1. The summed E-state index contributed by atoms with van der Waals surface area (Å²) in [5, 5.41) is 19.3. The highest BCUT2D eigenvalue weighted by atomic mass is 16.5. The Bertz CT molecular complexity index is 727. The van der Waals surface area contributed by atoms with Crippen LogP contribution in [0.1, 0.15) is 46.1 Å². The third-order valence-corrected chi connectivity index (χ3v) is 5.81. The Morgan fingerprint density at radius 1 is 1.00 bits per heavy atom. The number of benzene rings is 1. The van der Waals surface area contributed by atoms with Crippen LogP contribution in [0.3, 0.4) is 0 Å². The van der Waals surface area contributed by atoms with Gasteiger partial charge in [0.25, 0.3) is 0 Å². The molecule has 2 N–H and O–H groups in total. The average molecular weight is 375 g/mol. The molecule has 2 rings (SSSR count). The number of hydrogen-bond donors (Lipinski definition) is 2. The van der Waals surface area contributed by atoms with Crippen molar-refractivity contribution < 1.29 is 24.5 Å². The summed E-state index contributed by atoms with van der Waals surface area (Å²) in [7, 11) is 3.61. The van der Waals surface area contributed by atoms with Crippen LogP contribution in [0, 0.1) is 5.92 Å². The Balaban J connectivity index is 2.67. The number of carboxylic acids is 2. The molecule has 1 aliphatic rings. The van der Waals surface area contributed by atoms with Gasteiger partial charge in [-0.2, -0.15) is 0 Å². The molecule has 0 spiro atoms. The van der Waals surface area contributed by atoms with Crippen molar-refractivity contribution in [2.45, 2.75) is 51.6 Å². The molecule has 0 saturated carbocycles. The van der Waals surface area contributed by atoms with E-state index in [0.717, 1.165) is 0 Å². The van der Waals surface area contributed by atoms with Gasteiger partial charge in [-0.05, 0) is 76.8 Å². The van der Waals surface area contributed by atoms with E-state index >= 15 is 0 Å². The molecule has 1 heterocycles. The van der Waals surface area contributed by atoms with Crippen molar-refractivity contribution in [3.8, 4) is 5.75 Å². The van der Waals surface area contributed by atoms with Gasteiger partial charge < -0.3 is 14.9 Å². The SMILES string of the molecule is COc1ccc(C(=C(C(=O)O)C(=O)O)C2CC(C)(C)N(C)C(C)(C)C2)cc1. The van der Waals surface area contributed by atoms with Gasteiger partial charge in [0, 0.05) is 11.1 Å². The normalized spacial score (nSPS) is 19.3. The molecule has 0 bridgehead atoms. The molecule has 6 nitrogen and oxygen atoms in total. The van der Waals surface area contributed by atoms with E-state index in [4.69, 9.17) is 4.74 Å². The Kier molecular flexibility index (Phi) is 5.71. The number of ether oxygens (including phenoxy) is 1. The van der Waals surface area contributed by atoms with Gasteiger partial charge in [0.1, 0.15) is 11.3 Å². The third-order valence-electron chi connectivity index (χ3n) is 5.81. The summed E-state index contributed by atoms with van der Waals surface area (Å²) in [5.74, 6) is -2.39. The number of methoxy groups -OCH3 is 1. The topological polar surface area (TPSA) is 87.1 Å². The van der Waals surface area contributed by atoms with Crippen LogP contribution in [0.2, 0.25) is 0 Å². The maximum absolute atomic E-state index is 11.8. The van der Waals surface area contributed by atoms with Crippen LogP contribution < -0.4 is 4.74 Å². The fraction of sp³-hybridized carbons (Fsp3) is 0.524. The van der Waals surface area contributed by atoms with E-state index in [2.05, 4.69) is 39.6 Å². The van der Waals surface area contributed by atoms with Crippen LogP contribution in [-0.4, -0.2) is 52.3 Å². The second kappa shape index (κ2) is 7.35. The highest BCUT2D eigenvalue weighted by Crippen LogP contribution is 2.46. The number of rotatable bonds is 5. The lowest BCUT2D eigenvalue weighted by Gasteiger charge is -2.54. The molecule has 0 aliphatic carbocycles. The molecule has 1 aromatic carbocycles. The minimum atomic E-state index is -1.41. The molecule has 27 heavy (non-hydrogen) atoms. The van der Waals surface area contributed by atoms with Gasteiger partial charge in [0.2, 0.25) is 0 Å². The van der Waals surface area contributed by atoms with E-state index in [1.54, 1.807) is 31.4 Å². The fourth-order valence-electron chi connectivity index (χ4n) is 4.25. The molecule has 1 saturated heterocycles. The van der Waals surface area contributed by atoms with Crippen molar-refractivity contribution in [3.05, 3.63) is 35.4 Å². The third kappa shape index (κ3) is 4.16. The number of piperidine rings is 1. The van der Waals surface area contributed by atoms with E-state index < -0.39 is 17.5 Å². The van der Waals surface area contributed by atoms with Gasteiger partial charge in [0.05, 0.1) is 7.11 Å². The molecule has 1 aliphatic heterocycles. The molecule has 1 fully saturated rings. The Morgan fingerprint density at radius 3 is 1.81 bits per heavy atom. The molecule has 1 aromatic rings. The first-order chi connectivity index (χ1) is 12.4. The van der Waals surface area contributed by atoms with Crippen molar-refractivity contribution in [1.82, 2.24) is 4.90 Å². The van der Waals surface area contributed by atoms with Gasteiger partial charge in [-0.25, -0.2) is 9.59 Å². The fourth-order valence-corrected chi connectivity index (χ4v) is 4.25. The zero-order valence-electron chi connectivity index (χ0n) is 16.9. The molecule has 0 radical (unpaired) electrons. The van der Waals surface area contributed by atoms with Crippen LogP contribution in [0.4, 0.5) is 0 Å². The van der Waals surface area contributed by atoms with Crippen LogP contribution in [0.25, 0.3) is 5.57 Å². The van der Waals surface area contributed by atoms with E-state index in [1.165, 1.54) is 0 Å². The van der Waals surface area contributed by atoms with Crippen LogP contribution in [0.5, 0.6) is 5.75 Å². The van der Waals surface area contributed by atoms with E-state index in [9.17, 15) is 19.8 Å². The molecule has 0 amide bonds. The predicted octanol–water partition coefficient (Wildman–Crippen LogP) is 3.52. The minimum absolute atomic E-state index is 0.193. The first kappa shape index (κ1) is 21.0. The predicted molar refractivity (Wildman–Crippen MR) is 104 cm³/mol. The summed E-state index contributed by atoms with van der Waals surface area (Å²) in [6.45, 7) is 8.42. The lowest BCUT2D eigenvalue weighted by molar-refractivity contribution is -0.140. The monoisotopic (exact) mass is 375 g/mol. The standard InChI is InChI=1S/C21H29NO5/c1-20(2)11-14(12-21(3,4)22(20)5)16(17(18(23)24)19(25)26)13-7-9-15(27-6)10-8-13/h7-10,14H,11-12H2,1-6H3,(H,23,24)(H,25,26). The maximum atomic E-state index is 11.8. The molecule has 0 unspecified atom stereocenters. The number of hydrogen-bond acceptors (Lipinski definition) is 4. The number of aliphatic carboxylic acids is 2. The molecule has 6 heteroatoms. The van der Waals surface area contributed by atoms with Gasteiger partial charge in [-0.15, -0.1) is 0 Å². The summed E-state index contributed by atoms with van der Waals surface area (Å²) < 4.78 is 5.17.